The molecule has 2 aromatic carbocycles. The quantitative estimate of drug-likeness (QED) is 0.628. The average molecular weight is 380 g/mol. The SMILES string of the molecule is CN1C(=S)OC(C)(C)c2cc(-c3cc(F)cc(Br)c3)ccc21. The van der Waals surface area contributed by atoms with Crippen molar-refractivity contribution < 1.29 is 9.13 Å². The zero-order chi connectivity index (χ0) is 16.1. The van der Waals surface area contributed by atoms with E-state index in [4.69, 9.17) is 17.0 Å². The van der Waals surface area contributed by atoms with Crippen LogP contribution >= 0.6 is 28.1 Å². The second kappa shape index (κ2) is 5.32. The molecule has 1 aliphatic rings. The summed E-state index contributed by atoms with van der Waals surface area (Å²) in [7, 11) is 1.88. The fourth-order valence-corrected chi connectivity index (χ4v) is 3.42. The molecule has 0 atom stereocenters. The Labute approximate surface area is 143 Å². The summed E-state index contributed by atoms with van der Waals surface area (Å²) >= 11 is 8.60. The van der Waals surface area contributed by atoms with Gasteiger partial charge in [-0.05, 0) is 67.5 Å². The molecule has 5 heteroatoms. The third-order valence-electron chi connectivity index (χ3n) is 3.82. The number of nitrogens with zero attached hydrogens (tertiary/aromatic N) is 1. The van der Waals surface area contributed by atoms with E-state index in [2.05, 4.69) is 15.9 Å². The van der Waals surface area contributed by atoms with Gasteiger partial charge in [0.05, 0.1) is 5.69 Å². The van der Waals surface area contributed by atoms with E-state index in [0.717, 1.165) is 22.4 Å². The first-order chi connectivity index (χ1) is 10.3. The lowest BCUT2D eigenvalue weighted by molar-refractivity contribution is 0.0904. The molecule has 0 saturated heterocycles. The fourth-order valence-electron chi connectivity index (χ4n) is 2.65. The Bertz CT molecular complexity index is 755. The molecule has 1 heterocycles. The van der Waals surface area contributed by atoms with Crippen molar-refractivity contribution in [2.75, 3.05) is 11.9 Å². The van der Waals surface area contributed by atoms with Crippen molar-refractivity contribution >= 4 is 39.0 Å². The smallest absolute Gasteiger partial charge is 0.264 e. The molecule has 114 valence electrons. The van der Waals surface area contributed by atoms with Crippen molar-refractivity contribution in [1.82, 2.24) is 0 Å². The van der Waals surface area contributed by atoms with Crippen LogP contribution in [0.25, 0.3) is 11.1 Å². The lowest BCUT2D eigenvalue weighted by Crippen LogP contribution is -2.40. The van der Waals surface area contributed by atoms with Crippen LogP contribution in [0.3, 0.4) is 0 Å². The number of hydrogen-bond donors (Lipinski definition) is 0. The van der Waals surface area contributed by atoms with Gasteiger partial charge in [-0.25, -0.2) is 4.39 Å². The van der Waals surface area contributed by atoms with Gasteiger partial charge in [0.15, 0.2) is 0 Å². The van der Waals surface area contributed by atoms with E-state index >= 15 is 0 Å². The Kier molecular flexibility index (Phi) is 3.73. The van der Waals surface area contributed by atoms with Gasteiger partial charge in [-0.15, -0.1) is 0 Å². The lowest BCUT2D eigenvalue weighted by Gasteiger charge is -2.39. The molecule has 0 amide bonds. The van der Waals surface area contributed by atoms with E-state index in [1.54, 1.807) is 0 Å². The summed E-state index contributed by atoms with van der Waals surface area (Å²) in [6.07, 6.45) is 0. The first-order valence-electron chi connectivity index (χ1n) is 6.85. The zero-order valence-corrected chi connectivity index (χ0v) is 14.9. The van der Waals surface area contributed by atoms with Crippen LogP contribution in [0.2, 0.25) is 0 Å². The van der Waals surface area contributed by atoms with Crippen LogP contribution in [0.5, 0.6) is 0 Å². The predicted octanol–water partition coefficient (Wildman–Crippen LogP) is 5.24. The molecule has 0 radical (unpaired) electrons. The molecule has 1 aliphatic heterocycles. The van der Waals surface area contributed by atoms with Gasteiger partial charge < -0.3 is 9.64 Å². The van der Waals surface area contributed by atoms with Crippen LogP contribution < -0.4 is 4.90 Å². The Hall–Kier alpha value is -1.46. The van der Waals surface area contributed by atoms with Crippen LogP contribution in [0.1, 0.15) is 19.4 Å². The van der Waals surface area contributed by atoms with Gasteiger partial charge in [-0.3, -0.25) is 0 Å². The van der Waals surface area contributed by atoms with Gasteiger partial charge in [0.2, 0.25) is 0 Å². The Balaban J connectivity index is 2.16. The van der Waals surface area contributed by atoms with Gasteiger partial charge in [0.1, 0.15) is 11.4 Å². The van der Waals surface area contributed by atoms with Crippen molar-refractivity contribution in [3.05, 3.63) is 52.3 Å². The number of fused-ring (bicyclic) bond motifs is 1. The average Bonchev–Trinajstić information content (AvgIpc) is 2.43. The van der Waals surface area contributed by atoms with E-state index in [0.29, 0.717) is 9.65 Å². The van der Waals surface area contributed by atoms with Gasteiger partial charge in [0, 0.05) is 17.1 Å². The maximum Gasteiger partial charge on any atom is 0.264 e. The Morgan fingerprint density at radius 1 is 1.14 bits per heavy atom. The fraction of sp³-hybridized carbons (Fsp3) is 0.235. The van der Waals surface area contributed by atoms with Crippen molar-refractivity contribution in [1.29, 1.82) is 0 Å². The van der Waals surface area contributed by atoms with Crippen LogP contribution in [0, 0.1) is 5.82 Å². The van der Waals surface area contributed by atoms with Crippen molar-refractivity contribution in [2.24, 2.45) is 0 Å². The minimum atomic E-state index is -0.514. The largest absolute Gasteiger partial charge is 0.460 e. The molecule has 0 bridgehead atoms. The van der Waals surface area contributed by atoms with Crippen molar-refractivity contribution in [3.63, 3.8) is 0 Å². The van der Waals surface area contributed by atoms with Crippen LogP contribution in [-0.2, 0) is 10.3 Å². The van der Waals surface area contributed by atoms with Crippen LogP contribution in [0.4, 0.5) is 10.1 Å². The number of ether oxygens (including phenoxy) is 1. The topological polar surface area (TPSA) is 12.5 Å². The summed E-state index contributed by atoms with van der Waals surface area (Å²) in [5.41, 5.74) is 3.29. The Morgan fingerprint density at radius 2 is 1.86 bits per heavy atom. The molecule has 0 fully saturated rings. The second-order valence-electron chi connectivity index (χ2n) is 5.83. The summed E-state index contributed by atoms with van der Waals surface area (Å²) in [5, 5.41) is 0.457. The summed E-state index contributed by atoms with van der Waals surface area (Å²) in [6, 6.07) is 10.9. The van der Waals surface area contributed by atoms with Gasteiger partial charge >= 0.3 is 0 Å². The lowest BCUT2D eigenvalue weighted by atomic mass is 9.91. The van der Waals surface area contributed by atoms with Gasteiger partial charge in [0.25, 0.3) is 5.17 Å². The second-order valence-corrected chi connectivity index (χ2v) is 7.09. The third-order valence-corrected chi connectivity index (χ3v) is 4.63. The highest BCUT2D eigenvalue weighted by molar-refractivity contribution is 9.10. The maximum atomic E-state index is 13.6. The highest BCUT2D eigenvalue weighted by atomic mass is 79.9. The highest BCUT2D eigenvalue weighted by Gasteiger charge is 2.34. The Morgan fingerprint density at radius 3 is 2.55 bits per heavy atom. The molecule has 0 saturated carbocycles. The molecular formula is C17H15BrFNOS. The van der Waals surface area contributed by atoms with E-state index < -0.39 is 5.60 Å². The number of thiocarbonyl (C=S) groups is 1. The monoisotopic (exact) mass is 379 g/mol. The van der Waals surface area contributed by atoms with Crippen LogP contribution in [-0.4, -0.2) is 12.2 Å². The molecule has 0 aliphatic carbocycles. The molecule has 0 aromatic heterocycles. The summed E-state index contributed by atoms with van der Waals surface area (Å²) in [4.78, 5) is 1.85. The number of rotatable bonds is 1. The first-order valence-corrected chi connectivity index (χ1v) is 8.06. The molecule has 0 unspecified atom stereocenters. The number of hydrogen-bond acceptors (Lipinski definition) is 2. The van der Waals surface area contributed by atoms with Crippen LogP contribution in [0.15, 0.2) is 40.9 Å². The third kappa shape index (κ3) is 2.63. The summed E-state index contributed by atoms with van der Waals surface area (Å²) < 4.78 is 20.2. The predicted molar refractivity (Wildman–Crippen MR) is 94.6 cm³/mol. The van der Waals surface area contributed by atoms with Gasteiger partial charge in [-0.2, -0.15) is 0 Å². The van der Waals surface area contributed by atoms with E-state index in [1.165, 1.54) is 12.1 Å². The zero-order valence-electron chi connectivity index (χ0n) is 12.5. The molecule has 0 spiro atoms. The summed E-state index contributed by atoms with van der Waals surface area (Å²) in [6.45, 7) is 3.97. The van der Waals surface area contributed by atoms with Gasteiger partial charge in [-0.1, -0.05) is 22.0 Å². The first kappa shape index (κ1) is 15.4. The van der Waals surface area contributed by atoms with Crippen molar-refractivity contribution in [3.8, 4) is 11.1 Å². The molecule has 2 aromatic rings. The summed E-state index contributed by atoms with van der Waals surface area (Å²) in [5.74, 6) is -0.268. The van der Waals surface area contributed by atoms with E-state index in [1.807, 2.05) is 50.1 Å². The molecule has 22 heavy (non-hydrogen) atoms. The minimum absolute atomic E-state index is 0.268. The normalized spacial score (nSPS) is 16.2. The van der Waals surface area contributed by atoms with E-state index in [-0.39, 0.29) is 5.82 Å². The highest BCUT2D eigenvalue weighted by Crippen LogP contribution is 2.40. The maximum absolute atomic E-state index is 13.6. The number of halogens is 2. The number of benzene rings is 2. The molecule has 3 rings (SSSR count). The minimum Gasteiger partial charge on any atom is -0.460 e. The number of anilines is 1. The van der Waals surface area contributed by atoms with E-state index in [9.17, 15) is 4.39 Å². The molecule has 0 N–H and O–H groups in total. The molecular weight excluding hydrogens is 365 g/mol. The molecule has 2 nitrogen and oxygen atoms in total. The van der Waals surface area contributed by atoms with Crippen molar-refractivity contribution in [2.45, 2.75) is 19.4 Å². The standard InChI is InChI=1S/C17H15BrFNOS/c1-17(2)14-8-10(11-6-12(18)9-13(19)7-11)4-5-15(14)20(3)16(22)21-17/h4-9H,1-3H3.